The molecule has 1 N–H and O–H groups in total. The van der Waals surface area contributed by atoms with E-state index in [1.807, 2.05) is 0 Å². The van der Waals surface area contributed by atoms with E-state index in [2.05, 4.69) is 47.7 Å². The van der Waals surface area contributed by atoms with Crippen molar-refractivity contribution in [3.8, 4) is 0 Å². The summed E-state index contributed by atoms with van der Waals surface area (Å²) >= 11 is 0. The molecule has 3 nitrogen and oxygen atoms in total. The zero-order valence-corrected chi connectivity index (χ0v) is 15.3. The minimum absolute atomic E-state index is 0.299. The van der Waals surface area contributed by atoms with E-state index in [1.165, 1.54) is 44.1 Å². The number of benzene rings is 2. The van der Waals surface area contributed by atoms with E-state index in [1.54, 1.807) is 0 Å². The van der Waals surface area contributed by atoms with Crippen LogP contribution in [0.15, 0.2) is 30.8 Å². The van der Waals surface area contributed by atoms with Crippen LogP contribution >= 0.6 is 0 Å². The summed E-state index contributed by atoms with van der Waals surface area (Å²) in [5.74, 6) is 0.299. The maximum absolute atomic E-state index is 12.3. The summed E-state index contributed by atoms with van der Waals surface area (Å²) in [7, 11) is 0. The Morgan fingerprint density at radius 3 is 2.35 bits per heavy atom. The Bertz CT molecular complexity index is 1010. The average Bonchev–Trinajstić information content (AvgIpc) is 3.30. The topological polar surface area (TPSA) is 34.0 Å². The van der Waals surface area contributed by atoms with Crippen LogP contribution < -0.4 is 5.32 Å². The number of nitrogens with zero attached hydrogens (tertiary/aromatic N) is 1. The Morgan fingerprint density at radius 2 is 1.62 bits per heavy atom. The third kappa shape index (κ3) is 2.07. The molecule has 0 fully saturated rings. The van der Waals surface area contributed by atoms with Crippen molar-refractivity contribution in [1.29, 1.82) is 0 Å². The number of carbonyl (C=O) groups is 1. The van der Waals surface area contributed by atoms with Crippen LogP contribution in [-0.4, -0.2) is 23.4 Å². The van der Waals surface area contributed by atoms with Gasteiger partial charge in [0.25, 0.3) is 0 Å². The molecule has 3 aromatic rings. The number of aromatic nitrogens is 1. The highest BCUT2D eigenvalue weighted by atomic mass is 16.1. The van der Waals surface area contributed by atoms with Gasteiger partial charge in [-0.05, 0) is 66.3 Å². The number of aryl methyl sites for hydroxylation is 2. The molecule has 0 amide bonds. The fraction of sp³-hybridized carbons (Fsp3) is 0.348. The number of ketones is 1. The van der Waals surface area contributed by atoms with Crippen molar-refractivity contribution < 1.29 is 4.79 Å². The summed E-state index contributed by atoms with van der Waals surface area (Å²) in [6.07, 6.45) is 3.64. The number of likely N-dealkylation sites (N-methyl/N-ethyl adjacent to an activating group) is 1. The van der Waals surface area contributed by atoms with Crippen LogP contribution in [0, 0.1) is 0 Å². The van der Waals surface area contributed by atoms with Crippen molar-refractivity contribution in [2.45, 2.75) is 39.2 Å². The van der Waals surface area contributed by atoms with Gasteiger partial charge in [-0.15, -0.1) is 0 Å². The van der Waals surface area contributed by atoms with Crippen LogP contribution in [0.25, 0.3) is 27.4 Å². The van der Waals surface area contributed by atoms with Gasteiger partial charge in [-0.3, -0.25) is 4.79 Å². The van der Waals surface area contributed by atoms with Crippen molar-refractivity contribution >= 4 is 33.2 Å². The number of nitrogens with one attached hydrogen (secondary N) is 1. The van der Waals surface area contributed by atoms with Gasteiger partial charge >= 0.3 is 0 Å². The molecule has 5 rings (SSSR count). The molecule has 0 bridgehead atoms. The van der Waals surface area contributed by atoms with Gasteiger partial charge < -0.3 is 9.88 Å². The third-order valence-electron chi connectivity index (χ3n) is 6.14. The molecule has 0 aliphatic heterocycles. The fourth-order valence-electron chi connectivity index (χ4n) is 4.91. The smallest absolute Gasteiger partial charge is 0.163 e. The molecule has 0 spiro atoms. The number of fused-ring (bicyclic) bond motifs is 7. The average molecular weight is 344 g/mol. The molecule has 1 aromatic heterocycles. The maximum Gasteiger partial charge on any atom is 0.163 e. The third-order valence-corrected chi connectivity index (χ3v) is 6.14. The Balaban J connectivity index is 1.87. The molecule has 1 heterocycles. The fourth-order valence-corrected chi connectivity index (χ4v) is 4.91. The van der Waals surface area contributed by atoms with Gasteiger partial charge in [0.05, 0.1) is 0 Å². The molecule has 0 atom stereocenters. The zero-order valence-electron chi connectivity index (χ0n) is 15.3. The first kappa shape index (κ1) is 15.8. The molecule has 132 valence electrons. The first-order chi connectivity index (χ1) is 12.7. The normalized spacial score (nSPS) is 16.0. The van der Waals surface area contributed by atoms with Crippen LogP contribution in [0.5, 0.6) is 0 Å². The molecule has 3 heteroatoms. The van der Waals surface area contributed by atoms with E-state index >= 15 is 0 Å². The van der Waals surface area contributed by atoms with Gasteiger partial charge in [0.15, 0.2) is 5.78 Å². The lowest BCUT2D eigenvalue weighted by atomic mass is 9.97. The first-order valence-corrected chi connectivity index (χ1v) is 9.72. The largest absolute Gasteiger partial charge is 0.339 e. The van der Waals surface area contributed by atoms with E-state index in [0.29, 0.717) is 12.2 Å². The maximum atomic E-state index is 12.3. The first-order valence-electron chi connectivity index (χ1n) is 9.72. The molecule has 0 radical (unpaired) electrons. The second-order valence-corrected chi connectivity index (χ2v) is 7.50. The number of carbonyl (C=O) groups excluding carboxylic acids is 1. The molecule has 26 heavy (non-hydrogen) atoms. The van der Waals surface area contributed by atoms with E-state index in [-0.39, 0.29) is 0 Å². The highest BCUT2D eigenvalue weighted by molar-refractivity contribution is 6.17. The Kier molecular flexibility index (Phi) is 3.54. The predicted molar refractivity (Wildman–Crippen MR) is 108 cm³/mol. The minimum Gasteiger partial charge on any atom is -0.339 e. The SMILES string of the molecule is C=C1CCc2c1ccc1c2c2c3c(ccc2n1CCNCC)C(=O)CC3. The molecular formula is C23H24N2O. The zero-order chi connectivity index (χ0) is 17.8. The van der Waals surface area contributed by atoms with E-state index in [4.69, 9.17) is 0 Å². The van der Waals surface area contributed by atoms with Crippen molar-refractivity contribution in [2.24, 2.45) is 0 Å². The summed E-state index contributed by atoms with van der Waals surface area (Å²) in [4.78, 5) is 12.3. The number of allylic oxidation sites excluding steroid dienone is 1. The van der Waals surface area contributed by atoms with Crippen LogP contribution in [-0.2, 0) is 19.4 Å². The van der Waals surface area contributed by atoms with Gasteiger partial charge in [-0.2, -0.15) is 0 Å². The van der Waals surface area contributed by atoms with Gasteiger partial charge in [0.2, 0.25) is 0 Å². The highest BCUT2D eigenvalue weighted by Gasteiger charge is 2.27. The molecule has 0 unspecified atom stereocenters. The monoisotopic (exact) mass is 344 g/mol. The lowest BCUT2D eigenvalue weighted by molar-refractivity contribution is 0.0994. The lowest BCUT2D eigenvalue weighted by Crippen LogP contribution is -2.19. The molecule has 2 aromatic carbocycles. The molecule has 2 aliphatic carbocycles. The number of hydrogen-bond acceptors (Lipinski definition) is 2. The van der Waals surface area contributed by atoms with Crippen molar-refractivity contribution in [1.82, 2.24) is 9.88 Å². The Labute approximate surface area is 153 Å². The second-order valence-electron chi connectivity index (χ2n) is 7.50. The number of rotatable bonds is 4. The van der Waals surface area contributed by atoms with Gasteiger partial charge in [-0.1, -0.05) is 19.6 Å². The van der Waals surface area contributed by atoms with Crippen LogP contribution in [0.2, 0.25) is 0 Å². The summed E-state index contributed by atoms with van der Waals surface area (Å²) in [5.41, 5.74) is 8.80. The van der Waals surface area contributed by atoms with Crippen molar-refractivity contribution in [2.75, 3.05) is 13.1 Å². The molecular weight excluding hydrogens is 320 g/mol. The second kappa shape index (κ2) is 5.82. The minimum atomic E-state index is 0.299. The summed E-state index contributed by atoms with van der Waals surface area (Å²) in [6, 6.07) is 8.73. The van der Waals surface area contributed by atoms with E-state index in [9.17, 15) is 4.79 Å². The van der Waals surface area contributed by atoms with Gasteiger partial charge in [-0.25, -0.2) is 0 Å². The standard InChI is InChI=1S/C23H24N2O/c1-3-24-12-13-25-19-9-6-15-14(2)4-5-17(15)22(19)23-18-8-11-21(26)16(18)7-10-20(23)25/h6-7,9-10,24H,2-5,8,11-13H2,1H3. The molecule has 0 saturated heterocycles. The Hall–Kier alpha value is -2.39. The summed E-state index contributed by atoms with van der Waals surface area (Å²) < 4.78 is 2.44. The van der Waals surface area contributed by atoms with E-state index in [0.717, 1.165) is 44.5 Å². The number of Topliss-reactive ketones (excluding diaryl/α,β-unsaturated/α-hetero) is 1. The van der Waals surface area contributed by atoms with Crippen molar-refractivity contribution in [3.05, 3.63) is 53.1 Å². The number of hydrogen-bond donors (Lipinski definition) is 1. The van der Waals surface area contributed by atoms with Crippen LogP contribution in [0.3, 0.4) is 0 Å². The van der Waals surface area contributed by atoms with Gasteiger partial charge in [0.1, 0.15) is 0 Å². The predicted octanol–water partition coefficient (Wildman–Crippen LogP) is 4.49. The van der Waals surface area contributed by atoms with Crippen molar-refractivity contribution in [3.63, 3.8) is 0 Å². The van der Waals surface area contributed by atoms with Crippen LogP contribution in [0.1, 0.15) is 46.8 Å². The van der Waals surface area contributed by atoms with Crippen LogP contribution in [0.4, 0.5) is 0 Å². The quantitative estimate of drug-likeness (QED) is 0.708. The summed E-state index contributed by atoms with van der Waals surface area (Å²) in [6.45, 7) is 9.29. The summed E-state index contributed by atoms with van der Waals surface area (Å²) in [5, 5.41) is 6.15. The lowest BCUT2D eigenvalue weighted by Gasteiger charge is -2.09. The van der Waals surface area contributed by atoms with E-state index < -0.39 is 0 Å². The molecule has 0 saturated carbocycles. The Morgan fingerprint density at radius 1 is 0.962 bits per heavy atom. The highest BCUT2D eigenvalue weighted by Crippen LogP contribution is 2.43. The van der Waals surface area contributed by atoms with Gasteiger partial charge in [0, 0.05) is 46.9 Å². The molecule has 2 aliphatic rings.